The molecule has 2 aliphatic rings. The fourth-order valence-corrected chi connectivity index (χ4v) is 7.24. The average molecular weight is 599 g/mol. The fourth-order valence-electron chi connectivity index (χ4n) is 5.94. The van der Waals surface area contributed by atoms with Crippen LogP contribution in [0.3, 0.4) is 0 Å². The predicted molar refractivity (Wildman–Crippen MR) is 160 cm³/mol. The molecule has 1 aliphatic carbocycles. The second kappa shape index (κ2) is 10.9. The Bertz CT molecular complexity index is 1810. The van der Waals surface area contributed by atoms with E-state index in [2.05, 4.69) is 15.0 Å². The minimum atomic E-state index is -0.292. The highest BCUT2D eigenvalue weighted by Gasteiger charge is 2.35. The third-order valence-electron chi connectivity index (χ3n) is 7.95. The summed E-state index contributed by atoms with van der Waals surface area (Å²) in [5.41, 5.74) is 10.5. The van der Waals surface area contributed by atoms with Gasteiger partial charge in [-0.25, -0.2) is 24.9 Å². The van der Waals surface area contributed by atoms with E-state index in [4.69, 9.17) is 27.3 Å². The van der Waals surface area contributed by atoms with Crippen LogP contribution in [0, 0.1) is 0 Å². The van der Waals surface area contributed by atoms with Crippen LogP contribution in [0.5, 0.6) is 0 Å². The summed E-state index contributed by atoms with van der Waals surface area (Å²) >= 11 is 7.62. The number of amides is 1. The zero-order valence-corrected chi connectivity index (χ0v) is 24.2. The number of nitrogen functional groups attached to an aromatic ring is 1. The van der Waals surface area contributed by atoms with Gasteiger partial charge in [0.15, 0.2) is 5.78 Å². The highest BCUT2D eigenvalue weighted by Crippen LogP contribution is 2.37. The maximum absolute atomic E-state index is 13.4. The molecule has 0 unspecified atom stereocenters. The number of halogens is 1. The minimum absolute atomic E-state index is 0.0247. The second-order valence-electron chi connectivity index (χ2n) is 10.6. The van der Waals surface area contributed by atoms with E-state index < -0.39 is 0 Å². The number of thiazole rings is 1. The average Bonchev–Trinajstić information content (AvgIpc) is 3.74. The van der Waals surface area contributed by atoms with Crippen LogP contribution >= 0.6 is 22.9 Å². The molecule has 5 aromatic rings. The molecule has 0 saturated carbocycles. The SMILES string of the molecule is Nc1nccn2c([C@@H]3CCCN3C(=O)c3ccnc(Cl)n3)nc(-c3ccc(C(=O)Cc4nc5c(s4)CCCC5)cc3)c12. The molecule has 1 amide bonds. The zero-order valence-electron chi connectivity index (χ0n) is 22.7. The van der Waals surface area contributed by atoms with Crippen molar-refractivity contribution in [3.05, 3.63) is 86.9 Å². The Morgan fingerprint density at radius 2 is 1.83 bits per heavy atom. The first-order valence-electron chi connectivity index (χ1n) is 14.0. The molecule has 1 saturated heterocycles. The summed E-state index contributed by atoms with van der Waals surface area (Å²) in [5, 5.41) is 0.913. The molecule has 0 spiro atoms. The van der Waals surface area contributed by atoms with Crippen molar-refractivity contribution >= 4 is 46.0 Å². The topological polar surface area (TPSA) is 132 Å². The number of nitrogens with zero attached hydrogens (tertiary/aromatic N) is 7. The van der Waals surface area contributed by atoms with Crippen molar-refractivity contribution < 1.29 is 9.59 Å². The number of rotatable bonds is 6. The van der Waals surface area contributed by atoms with Gasteiger partial charge in [0.25, 0.3) is 5.91 Å². The number of likely N-dealkylation sites (tertiary alicyclic amines) is 1. The van der Waals surface area contributed by atoms with Crippen molar-refractivity contribution in [2.24, 2.45) is 0 Å². The largest absolute Gasteiger partial charge is 0.382 e. The van der Waals surface area contributed by atoms with Gasteiger partial charge in [0, 0.05) is 41.1 Å². The maximum Gasteiger partial charge on any atom is 0.273 e. The summed E-state index contributed by atoms with van der Waals surface area (Å²) in [4.78, 5) is 51.7. The van der Waals surface area contributed by atoms with E-state index in [0.717, 1.165) is 36.3 Å². The van der Waals surface area contributed by atoms with Gasteiger partial charge in [0.2, 0.25) is 5.28 Å². The predicted octanol–water partition coefficient (Wildman–Crippen LogP) is 5.16. The van der Waals surface area contributed by atoms with Gasteiger partial charge in [-0.05, 0) is 56.2 Å². The van der Waals surface area contributed by atoms with Gasteiger partial charge in [-0.1, -0.05) is 24.3 Å². The lowest BCUT2D eigenvalue weighted by Gasteiger charge is -2.23. The van der Waals surface area contributed by atoms with Crippen molar-refractivity contribution in [1.29, 1.82) is 0 Å². The first-order valence-corrected chi connectivity index (χ1v) is 15.2. The first kappa shape index (κ1) is 26.7. The number of hydrogen-bond acceptors (Lipinski definition) is 9. The molecule has 0 bridgehead atoms. The Kier molecular flexibility index (Phi) is 6.91. The number of aromatic nitrogens is 6. The van der Waals surface area contributed by atoms with Gasteiger partial charge in [-0.2, -0.15) is 0 Å². The number of anilines is 1. The minimum Gasteiger partial charge on any atom is -0.382 e. The molecule has 5 heterocycles. The Morgan fingerprint density at radius 1 is 1.00 bits per heavy atom. The number of Topliss-reactive ketones (excluding diaryl/α,β-unsaturated/α-hetero) is 1. The van der Waals surface area contributed by atoms with E-state index in [1.54, 1.807) is 28.5 Å². The molecule has 10 nitrogen and oxygen atoms in total. The van der Waals surface area contributed by atoms with Gasteiger partial charge in [0.1, 0.15) is 33.6 Å². The summed E-state index contributed by atoms with van der Waals surface area (Å²) in [7, 11) is 0. The first-order chi connectivity index (χ1) is 20.5. The molecule has 2 N–H and O–H groups in total. The molecule has 0 radical (unpaired) electrons. The van der Waals surface area contributed by atoms with Crippen LogP contribution in [0.4, 0.5) is 5.82 Å². The van der Waals surface area contributed by atoms with Crippen LogP contribution in [-0.4, -0.2) is 52.5 Å². The summed E-state index contributed by atoms with van der Waals surface area (Å²) < 4.78 is 1.91. The lowest BCUT2D eigenvalue weighted by molar-refractivity contribution is 0.0723. The molecule has 42 heavy (non-hydrogen) atoms. The van der Waals surface area contributed by atoms with Gasteiger partial charge < -0.3 is 10.6 Å². The molecule has 1 atom stereocenters. The number of aryl methyl sites for hydroxylation is 2. The fraction of sp³-hybridized carbons (Fsp3) is 0.300. The summed E-state index contributed by atoms with van der Waals surface area (Å²) in [6.07, 6.45) is 11.2. The number of benzene rings is 1. The Labute approximate surface area is 250 Å². The van der Waals surface area contributed by atoms with Gasteiger partial charge in [-0.3, -0.25) is 14.0 Å². The monoisotopic (exact) mass is 598 g/mol. The van der Waals surface area contributed by atoms with E-state index >= 15 is 0 Å². The smallest absolute Gasteiger partial charge is 0.273 e. The van der Waals surface area contributed by atoms with Crippen LogP contribution in [-0.2, 0) is 19.3 Å². The number of fused-ring (bicyclic) bond motifs is 2. The highest BCUT2D eigenvalue weighted by molar-refractivity contribution is 7.11. The standard InChI is InChI=1S/C30H27ClN8O2S/c31-30-34-12-11-20(36-30)29(41)38-14-3-5-21(38)28-37-25(26-27(32)33-13-15-39(26)28)18-9-7-17(8-10-18)22(40)16-24-35-19-4-1-2-6-23(19)42-24/h7-13,15,21H,1-6,14,16H2,(H2,32,33)/t21-/m0/s1. The Morgan fingerprint density at radius 3 is 2.64 bits per heavy atom. The van der Waals surface area contributed by atoms with Crippen LogP contribution < -0.4 is 5.73 Å². The molecule has 1 aromatic carbocycles. The highest BCUT2D eigenvalue weighted by atomic mass is 35.5. The maximum atomic E-state index is 13.4. The number of ketones is 1. The van der Waals surface area contributed by atoms with Crippen LogP contribution in [0.25, 0.3) is 16.8 Å². The van der Waals surface area contributed by atoms with E-state index in [9.17, 15) is 9.59 Å². The zero-order chi connectivity index (χ0) is 28.8. The number of imidazole rings is 1. The summed E-state index contributed by atoms with van der Waals surface area (Å²) in [6, 6.07) is 8.70. The van der Waals surface area contributed by atoms with Crippen LogP contribution in [0.1, 0.15) is 74.0 Å². The molecule has 4 aromatic heterocycles. The van der Waals surface area contributed by atoms with Crippen molar-refractivity contribution in [2.75, 3.05) is 12.3 Å². The van der Waals surface area contributed by atoms with E-state index in [0.29, 0.717) is 41.4 Å². The van der Waals surface area contributed by atoms with Gasteiger partial charge in [0.05, 0.1) is 18.2 Å². The summed E-state index contributed by atoms with van der Waals surface area (Å²) in [6.45, 7) is 0.564. The lowest BCUT2D eigenvalue weighted by Crippen LogP contribution is -2.32. The Hall–Kier alpha value is -4.22. The molecular formula is C30H27ClN8O2S. The van der Waals surface area contributed by atoms with Crippen molar-refractivity contribution in [1.82, 2.24) is 34.2 Å². The number of nitrogens with two attached hydrogens (primary N) is 1. The third kappa shape index (κ3) is 4.82. The summed E-state index contributed by atoms with van der Waals surface area (Å²) in [5.74, 6) is 0.825. The lowest BCUT2D eigenvalue weighted by atomic mass is 10.0. The molecule has 7 rings (SSSR count). The van der Waals surface area contributed by atoms with Crippen molar-refractivity contribution in [3.63, 3.8) is 0 Å². The quantitative estimate of drug-likeness (QED) is 0.209. The van der Waals surface area contributed by atoms with Crippen molar-refractivity contribution in [2.45, 2.75) is 51.0 Å². The normalized spacial score (nSPS) is 16.6. The molecule has 1 fully saturated rings. The molecule has 1 aliphatic heterocycles. The molecule has 212 valence electrons. The van der Waals surface area contributed by atoms with Gasteiger partial charge >= 0.3 is 0 Å². The number of carbonyl (C=O) groups excluding carboxylic acids is 2. The Balaban J connectivity index is 1.19. The number of carbonyl (C=O) groups is 2. The van der Waals surface area contributed by atoms with E-state index in [-0.39, 0.29) is 28.7 Å². The third-order valence-corrected chi connectivity index (χ3v) is 9.29. The van der Waals surface area contributed by atoms with Crippen LogP contribution in [0.15, 0.2) is 48.9 Å². The second-order valence-corrected chi connectivity index (χ2v) is 12.1. The van der Waals surface area contributed by atoms with Gasteiger partial charge in [-0.15, -0.1) is 11.3 Å². The number of hydrogen-bond donors (Lipinski definition) is 1. The molecule has 12 heteroatoms. The van der Waals surface area contributed by atoms with Crippen LogP contribution in [0.2, 0.25) is 5.28 Å². The van der Waals surface area contributed by atoms with E-state index in [1.165, 1.54) is 29.6 Å². The van der Waals surface area contributed by atoms with Crippen molar-refractivity contribution in [3.8, 4) is 11.3 Å². The van der Waals surface area contributed by atoms with E-state index in [1.807, 2.05) is 34.9 Å². The molecular weight excluding hydrogens is 572 g/mol.